The number of para-hydroxylation sites is 1. The molecule has 3 rings (SSSR count). The molecule has 2 saturated heterocycles. The van der Waals surface area contributed by atoms with Gasteiger partial charge in [-0.3, -0.25) is 0 Å². The predicted octanol–water partition coefficient (Wildman–Crippen LogP) is 2.53. The molecule has 4 nitrogen and oxygen atoms in total. The first kappa shape index (κ1) is 14.2. The van der Waals surface area contributed by atoms with Gasteiger partial charge in [0.1, 0.15) is 0 Å². The van der Waals surface area contributed by atoms with Crippen molar-refractivity contribution in [3.8, 4) is 0 Å². The molecule has 2 amide bonds. The summed E-state index contributed by atoms with van der Waals surface area (Å²) in [6.45, 7) is 2.17. The van der Waals surface area contributed by atoms with Gasteiger partial charge in [-0.15, -0.1) is 0 Å². The number of anilines is 1. The molecule has 0 spiro atoms. The molecule has 0 unspecified atom stereocenters. The van der Waals surface area contributed by atoms with Crippen LogP contribution in [-0.4, -0.2) is 36.6 Å². The van der Waals surface area contributed by atoms with E-state index in [4.69, 9.17) is 0 Å². The Kier molecular flexibility index (Phi) is 3.52. The van der Waals surface area contributed by atoms with E-state index in [1.54, 1.807) is 4.90 Å². The second-order valence-corrected chi connectivity index (χ2v) is 5.44. The van der Waals surface area contributed by atoms with Crippen molar-refractivity contribution in [2.24, 2.45) is 5.92 Å². The van der Waals surface area contributed by atoms with Crippen LogP contribution in [0.1, 0.15) is 12.0 Å². The van der Waals surface area contributed by atoms with Crippen molar-refractivity contribution < 1.29 is 18.0 Å². The maximum absolute atomic E-state index is 12.9. The minimum atomic E-state index is -4.48. The first-order valence-corrected chi connectivity index (χ1v) is 6.91. The maximum Gasteiger partial charge on any atom is 0.418 e. The van der Waals surface area contributed by atoms with Crippen LogP contribution in [0.4, 0.5) is 23.7 Å². The Balaban J connectivity index is 1.76. The number of alkyl halides is 3. The van der Waals surface area contributed by atoms with Crippen LogP contribution in [0.5, 0.6) is 0 Å². The van der Waals surface area contributed by atoms with Crippen molar-refractivity contribution in [2.45, 2.75) is 18.6 Å². The highest BCUT2D eigenvalue weighted by molar-refractivity contribution is 5.90. The summed E-state index contributed by atoms with van der Waals surface area (Å²) in [5.41, 5.74) is -1.01. The lowest BCUT2D eigenvalue weighted by Crippen LogP contribution is -2.41. The Labute approximate surface area is 120 Å². The Morgan fingerprint density at radius 2 is 2.05 bits per heavy atom. The molecule has 2 aliphatic rings. The van der Waals surface area contributed by atoms with Crippen LogP contribution >= 0.6 is 0 Å². The average Bonchev–Trinajstić information content (AvgIpc) is 2.99. The molecule has 2 aliphatic heterocycles. The molecule has 21 heavy (non-hydrogen) atoms. The highest BCUT2D eigenvalue weighted by atomic mass is 19.4. The molecule has 0 saturated carbocycles. The number of carbonyl (C=O) groups excluding carboxylic acids is 1. The maximum atomic E-state index is 12.9. The number of urea groups is 1. The zero-order valence-corrected chi connectivity index (χ0v) is 11.3. The number of hydrogen-bond donors (Lipinski definition) is 2. The summed E-state index contributed by atoms with van der Waals surface area (Å²) >= 11 is 0. The van der Waals surface area contributed by atoms with Gasteiger partial charge >= 0.3 is 12.2 Å². The predicted molar refractivity (Wildman–Crippen MR) is 71.9 cm³/mol. The Bertz CT molecular complexity index is 547. The Morgan fingerprint density at radius 1 is 1.29 bits per heavy atom. The van der Waals surface area contributed by atoms with Crippen molar-refractivity contribution in [1.82, 2.24) is 10.2 Å². The highest BCUT2D eigenvalue weighted by Gasteiger charge is 2.40. The van der Waals surface area contributed by atoms with E-state index in [1.165, 1.54) is 18.2 Å². The van der Waals surface area contributed by atoms with Crippen LogP contribution in [0.3, 0.4) is 0 Å². The monoisotopic (exact) mass is 299 g/mol. The van der Waals surface area contributed by atoms with Crippen LogP contribution in [0.15, 0.2) is 24.3 Å². The third-order valence-electron chi connectivity index (χ3n) is 4.18. The number of benzene rings is 1. The number of hydrogen-bond acceptors (Lipinski definition) is 2. The van der Waals surface area contributed by atoms with Crippen molar-refractivity contribution in [1.29, 1.82) is 0 Å². The van der Waals surface area contributed by atoms with Gasteiger partial charge in [0.25, 0.3) is 0 Å². The van der Waals surface area contributed by atoms with Crippen LogP contribution in [0.25, 0.3) is 0 Å². The molecule has 114 valence electrons. The van der Waals surface area contributed by atoms with Gasteiger partial charge in [0, 0.05) is 25.7 Å². The summed E-state index contributed by atoms with van der Waals surface area (Å²) in [6.07, 6.45) is -3.58. The van der Waals surface area contributed by atoms with E-state index in [0.29, 0.717) is 19.0 Å². The molecule has 0 aliphatic carbocycles. The van der Waals surface area contributed by atoms with Gasteiger partial charge in [0.2, 0.25) is 0 Å². The summed E-state index contributed by atoms with van der Waals surface area (Å²) in [7, 11) is 0. The molecule has 1 aromatic rings. The first-order valence-electron chi connectivity index (χ1n) is 6.91. The molecule has 1 aromatic carbocycles. The molecule has 0 aromatic heterocycles. The standard InChI is InChI=1S/C14H16F3N3O/c15-14(16,17)10-3-1-2-4-11(10)19-13(21)20-6-5-9-7-18-8-12(9)20/h1-4,9,12,18H,5-8H2,(H,19,21)/t9-,12+/m0/s1. The van der Waals surface area contributed by atoms with E-state index >= 15 is 0 Å². The summed E-state index contributed by atoms with van der Waals surface area (Å²) < 4.78 is 38.7. The summed E-state index contributed by atoms with van der Waals surface area (Å²) in [5, 5.41) is 5.62. The van der Waals surface area contributed by atoms with Crippen molar-refractivity contribution >= 4 is 11.7 Å². The minimum absolute atomic E-state index is 0.0862. The number of nitrogens with zero attached hydrogens (tertiary/aromatic N) is 1. The number of halogens is 3. The number of rotatable bonds is 1. The van der Waals surface area contributed by atoms with E-state index in [9.17, 15) is 18.0 Å². The minimum Gasteiger partial charge on any atom is -0.320 e. The van der Waals surface area contributed by atoms with E-state index in [2.05, 4.69) is 10.6 Å². The number of fused-ring (bicyclic) bond motifs is 1. The van der Waals surface area contributed by atoms with Crippen LogP contribution in [-0.2, 0) is 6.18 Å². The molecule has 2 fully saturated rings. The molecule has 7 heteroatoms. The zero-order valence-electron chi connectivity index (χ0n) is 11.3. The van der Waals surface area contributed by atoms with Gasteiger partial charge in [-0.1, -0.05) is 12.1 Å². The lowest BCUT2D eigenvalue weighted by molar-refractivity contribution is -0.136. The molecular formula is C14H16F3N3O. The third kappa shape index (κ3) is 2.70. The largest absolute Gasteiger partial charge is 0.418 e. The first-order chi connectivity index (χ1) is 9.97. The van der Waals surface area contributed by atoms with Crippen molar-refractivity contribution in [3.05, 3.63) is 29.8 Å². The lowest BCUT2D eigenvalue weighted by Gasteiger charge is -2.24. The molecule has 2 N–H and O–H groups in total. The quantitative estimate of drug-likeness (QED) is 0.837. The normalized spacial score (nSPS) is 25.0. The second-order valence-electron chi connectivity index (χ2n) is 5.44. The lowest BCUT2D eigenvalue weighted by atomic mass is 10.1. The Morgan fingerprint density at radius 3 is 2.81 bits per heavy atom. The number of likely N-dealkylation sites (tertiary alicyclic amines) is 1. The summed E-state index contributed by atoms with van der Waals surface area (Å²) in [4.78, 5) is 13.9. The molecule has 0 bridgehead atoms. The van der Waals surface area contributed by atoms with Gasteiger partial charge in [-0.25, -0.2) is 4.79 Å². The van der Waals surface area contributed by atoms with Crippen LogP contribution in [0.2, 0.25) is 0 Å². The van der Waals surface area contributed by atoms with E-state index in [1.807, 2.05) is 0 Å². The van der Waals surface area contributed by atoms with E-state index < -0.39 is 17.8 Å². The Hall–Kier alpha value is -1.76. The third-order valence-corrected chi connectivity index (χ3v) is 4.18. The number of nitrogens with one attached hydrogen (secondary N) is 2. The van der Waals surface area contributed by atoms with Crippen LogP contribution in [0, 0.1) is 5.92 Å². The molecular weight excluding hydrogens is 283 g/mol. The SMILES string of the molecule is O=C(Nc1ccccc1C(F)(F)F)N1CC[C@H]2CNC[C@H]21. The average molecular weight is 299 g/mol. The van der Waals surface area contributed by atoms with Gasteiger partial charge in [-0.2, -0.15) is 13.2 Å². The second kappa shape index (κ2) is 5.22. The van der Waals surface area contributed by atoms with Gasteiger partial charge < -0.3 is 15.5 Å². The molecule has 0 radical (unpaired) electrons. The smallest absolute Gasteiger partial charge is 0.320 e. The zero-order chi connectivity index (χ0) is 15.0. The molecule has 2 heterocycles. The fraction of sp³-hybridized carbons (Fsp3) is 0.500. The van der Waals surface area contributed by atoms with Gasteiger partial charge in [0.05, 0.1) is 11.3 Å². The summed E-state index contributed by atoms with van der Waals surface area (Å²) in [5.74, 6) is 0.411. The van der Waals surface area contributed by atoms with Crippen molar-refractivity contribution in [3.63, 3.8) is 0 Å². The molecule has 2 atom stereocenters. The van der Waals surface area contributed by atoms with E-state index in [-0.39, 0.29) is 11.7 Å². The fourth-order valence-electron chi connectivity index (χ4n) is 3.13. The highest BCUT2D eigenvalue weighted by Crippen LogP contribution is 2.35. The van der Waals surface area contributed by atoms with Crippen molar-refractivity contribution in [2.75, 3.05) is 25.0 Å². The van der Waals surface area contributed by atoms with Crippen LogP contribution < -0.4 is 10.6 Å². The van der Waals surface area contributed by atoms with Gasteiger partial charge in [-0.05, 0) is 24.5 Å². The fourth-order valence-corrected chi connectivity index (χ4v) is 3.13. The topological polar surface area (TPSA) is 44.4 Å². The van der Waals surface area contributed by atoms with E-state index in [0.717, 1.165) is 19.0 Å². The summed E-state index contributed by atoms with van der Waals surface area (Å²) in [6, 6.07) is 4.67. The number of carbonyl (C=O) groups is 1. The number of amides is 2. The van der Waals surface area contributed by atoms with Gasteiger partial charge in [0.15, 0.2) is 0 Å².